The topological polar surface area (TPSA) is 52.3 Å². The van der Waals surface area contributed by atoms with E-state index in [-0.39, 0.29) is 0 Å². The number of anilines is 1. The molecule has 0 radical (unpaired) electrons. The molecular weight excluding hydrogens is 246 g/mol. The van der Waals surface area contributed by atoms with Crippen LogP contribution in [0.25, 0.3) is 0 Å². The molecule has 1 aliphatic heterocycles. The maximum atomic E-state index is 12.1. The molecule has 0 spiro atoms. The first kappa shape index (κ1) is 11.9. The molecule has 88 valence electrons. The zero-order valence-corrected chi connectivity index (χ0v) is 10.4. The molecule has 1 fully saturated rings. The SMILES string of the molecule is Nc1ccc(S(=O)CC2CCOC2)c(Cl)c1. The van der Waals surface area contributed by atoms with Crippen molar-refractivity contribution in [2.24, 2.45) is 5.92 Å². The molecular formula is C11H14ClNO2S. The molecule has 2 N–H and O–H groups in total. The van der Waals surface area contributed by atoms with Gasteiger partial charge in [0.05, 0.1) is 27.3 Å². The predicted molar refractivity (Wildman–Crippen MR) is 66.1 cm³/mol. The van der Waals surface area contributed by atoms with E-state index in [1.54, 1.807) is 18.2 Å². The lowest BCUT2D eigenvalue weighted by Gasteiger charge is -2.09. The monoisotopic (exact) mass is 259 g/mol. The minimum atomic E-state index is -1.06. The third-order valence-corrected chi connectivity index (χ3v) is 4.66. The van der Waals surface area contributed by atoms with Gasteiger partial charge in [-0.1, -0.05) is 11.6 Å². The van der Waals surface area contributed by atoms with Crippen molar-refractivity contribution in [1.82, 2.24) is 0 Å². The lowest BCUT2D eigenvalue weighted by atomic mass is 10.2. The van der Waals surface area contributed by atoms with Gasteiger partial charge in [-0.25, -0.2) is 0 Å². The van der Waals surface area contributed by atoms with E-state index in [0.29, 0.717) is 33.9 Å². The summed E-state index contributed by atoms with van der Waals surface area (Å²) in [6.07, 6.45) is 0.984. The summed E-state index contributed by atoms with van der Waals surface area (Å²) in [5.74, 6) is 0.998. The van der Waals surface area contributed by atoms with E-state index in [1.165, 1.54) is 0 Å². The molecule has 0 aromatic heterocycles. The molecule has 0 amide bonds. The van der Waals surface area contributed by atoms with Crippen LogP contribution >= 0.6 is 11.6 Å². The van der Waals surface area contributed by atoms with E-state index in [2.05, 4.69) is 0 Å². The van der Waals surface area contributed by atoms with Crippen LogP contribution in [0.5, 0.6) is 0 Å². The minimum Gasteiger partial charge on any atom is -0.399 e. The summed E-state index contributed by atoms with van der Waals surface area (Å²) >= 11 is 6.01. The standard InChI is InChI=1S/C11H14ClNO2S/c12-10-5-9(13)1-2-11(10)16(14)7-8-3-4-15-6-8/h1-2,5,8H,3-4,6-7,13H2. The maximum Gasteiger partial charge on any atom is 0.0587 e. The Bertz CT molecular complexity index is 405. The molecule has 1 aromatic rings. The molecule has 2 atom stereocenters. The fourth-order valence-electron chi connectivity index (χ4n) is 1.72. The number of hydrogen-bond acceptors (Lipinski definition) is 3. The molecule has 1 aliphatic rings. The number of nitrogens with two attached hydrogens (primary N) is 1. The van der Waals surface area contributed by atoms with Crippen LogP contribution in [0.3, 0.4) is 0 Å². The number of rotatable bonds is 3. The van der Waals surface area contributed by atoms with E-state index in [9.17, 15) is 4.21 Å². The van der Waals surface area contributed by atoms with Gasteiger partial charge in [-0.3, -0.25) is 4.21 Å². The lowest BCUT2D eigenvalue weighted by Crippen LogP contribution is -2.11. The van der Waals surface area contributed by atoms with Gasteiger partial charge in [0.15, 0.2) is 0 Å². The van der Waals surface area contributed by atoms with E-state index in [4.69, 9.17) is 22.1 Å². The summed E-state index contributed by atoms with van der Waals surface area (Å²) in [5, 5.41) is 0.484. The Labute approximate surface area is 102 Å². The second-order valence-corrected chi connectivity index (χ2v) is 5.80. The highest BCUT2D eigenvalue weighted by Gasteiger charge is 2.20. The van der Waals surface area contributed by atoms with Crippen LogP contribution in [0.15, 0.2) is 23.1 Å². The van der Waals surface area contributed by atoms with Gasteiger partial charge >= 0.3 is 0 Å². The van der Waals surface area contributed by atoms with Gasteiger partial charge in [0.1, 0.15) is 0 Å². The minimum absolute atomic E-state index is 0.384. The van der Waals surface area contributed by atoms with Crippen LogP contribution in [0, 0.1) is 5.92 Å². The number of nitrogen functional groups attached to an aromatic ring is 1. The Hall–Kier alpha value is -0.580. The molecule has 1 aromatic carbocycles. The van der Waals surface area contributed by atoms with E-state index < -0.39 is 10.8 Å². The van der Waals surface area contributed by atoms with Crippen molar-refractivity contribution < 1.29 is 8.95 Å². The average molecular weight is 260 g/mol. The number of halogens is 1. The highest BCUT2D eigenvalue weighted by atomic mass is 35.5. The van der Waals surface area contributed by atoms with Crippen LogP contribution in [-0.2, 0) is 15.5 Å². The van der Waals surface area contributed by atoms with Gasteiger partial charge in [0.2, 0.25) is 0 Å². The summed E-state index contributed by atoms with van der Waals surface area (Å²) in [6, 6.07) is 5.10. The van der Waals surface area contributed by atoms with Crippen molar-refractivity contribution in [1.29, 1.82) is 0 Å². The largest absolute Gasteiger partial charge is 0.399 e. The third kappa shape index (κ3) is 2.75. The molecule has 5 heteroatoms. The molecule has 3 nitrogen and oxygen atoms in total. The molecule has 0 bridgehead atoms. The molecule has 16 heavy (non-hydrogen) atoms. The zero-order valence-electron chi connectivity index (χ0n) is 8.82. The Balaban J connectivity index is 2.08. The van der Waals surface area contributed by atoms with E-state index in [1.807, 2.05) is 0 Å². The first-order valence-electron chi connectivity index (χ1n) is 5.18. The number of ether oxygens (including phenoxy) is 1. The summed E-state index contributed by atoms with van der Waals surface area (Å²) in [5.41, 5.74) is 6.18. The smallest absolute Gasteiger partial charge is 0.0587 e. The number of benzene rings is 1. The van der Waals surface area contributed by atoms with Crippen molar-refractivity contribution in [2.75, 3.05) is 24.7 Å². The lowest BCUT2D eigenvalue weighted by molar-refractivity contribution is 0.189. The van der Waals surface area contributed by atoms with Crippen LogP contribution < -0.4 is 5.73 Å². The van der Waals surface area contributed by atoms with Crippen molar-refractivity contribution >= 4 is 28.1 Å². The highest BCUT2D eigenvalue weighted by molar-refractivity contribution is 7.85. The third-order valence-electron chi connectivity index (χ3n) is 2.61. The molecule has 2 rings (SSSR count). The zero-order chi connectivity index (χ0) is 11.5. The summed E-state index contributed by atoms with van der Waals surface area (Å²) in [6.45, 7) is 1.48. The Morgan fingerprint density at radius 2 is 2.38 bits per heavy atom. The summed E-state index contributed by atoms with van der Waals surface area (Å²) < 4.78 is 17.3. The van der Waals surface area contributed by atoms with Gasteiger partial charge < -0.3 is 10.5 Å². The van der Waals surface area contributed by atoms with Crippen molar-refractivity contribution in [3.63, 3.8) is 0 Å². The van der Waals surface area contributed by atoms with Gasteiger partial charge in [-0.15, -0.1) is 0 Å². The van der Waals surface area contributed by atoms with Crippen LogP contribution in [-0.4, -0.2) is 23.2 Å². The first-order chi connectivity index (χ1) is 7.66. The van der Waals surface area contributed by atoms with Gasteiger partial charge in [0.25, 0.3) is 0 Å². The Morgan fingerprint density at radius 3 is 3.00 bits per heavy atom. The second-order valence-electron chi connectivity index (χ2n) is 3.93. The van der Waals surface area contributed by atoms with Gasteiger partial charge in [0, 0.05) is 18.0 Å². The summed E-state index contributed by atoms with van der Waals surface area (Å²) in [4.78, 5) is 0.669. The normalized spacial score (nSPS) is 22.2. The fourth-order valence-corrected chi connectivity index (χ4v) is 3.53. The van der Waals surface area contributed by atoms with Crippen molar-refractivity contribution in [3.8, 4) is 0 Å². The first-order valence-corrected chi connectivity index (χ1v) is 6.87. The fraction of sp³-hybridized carbons (Fsp3) is 0.455. The summed E-state index contributed by atoms with van der Waals surface area (Å²) in [7, 11) is -1.06. The average Bonchev–Trinajstić information content (AvgIpc) is 2.70. The van der Waals surface area contributed by atoms with Crippen molar-refractivity contribution in [3.05, 3.63) is 23.2 Å². The molecule has 0 aliphatic carbocycles. The molecule has 2 unspecified atom stereocenters. The second kappa shape index (κ2) is 5.17. The van der Waals surface area contributed by atoms with Crippen LogP contribution in [0.2, 0.25) is 5.02 Å². The quantitative estimate of drug-likeness (QED) is 0.846. The maximum absolute atomic E-state index is 12.1. The molecule has 1 heterocycles. The van der Waals surface area contributed by atoms with Gasteiger partial charge in [-0.05, 0) is 30.5 Å². The van der Waals surface area contributed by atoms with E-state index >= 15 is 0 Å². The Morgan fingerprint density at radius 1 is 1.56 bits per heavy atom. The number of hydrogen-bond donors (Lipinski definition) is 1. The Kier molecular flexibility index (Phi) is 3.84. The van der Waals surface area contributed by atoms with Crippen LogP contribution in [0.1, 0.15) is 6.42 Å². The van der Waals surface area contributed by atoms with Crippen LogP contribution in [0.4, 0.5) is 5.69 Å². The van der Waals surface area contributed by atoms with Gasteiger partial charge in [-0.2, -0.15) is 0 Å². The van der Waals surface area contributed by atoms with Crippen molar-refractivity contribution in [2.45, 2.75) is 11.3 Å². The van der Waals surface area contributed by atoms with E-state index in [0.717, 1.165) is 13.0 Å². The highest BCUT2D eigenvalue weighted by Crippen LogP contribution is 2.25. The molecule has 0 saturated carbocycles. The molecule has 1 saturated heterocycles. The predicted octanol–water partition coefficient (Wildman–Crippen LogP) is 2.07.